The largest absolute Gasteiger partial charge is 0.508 e. The topological polar surface area (TPSA) is 52.6 Å². The number of carbonyl (C=O) groups excluding carboxylic acids is 1. The van der Waals surface area contributed by atoms with Crippen molar-refractivity contribution in [2.45, 2.75) is 13.0 Å². The molecule has 0 aromatic heterocycles. The van der Waals surface area contributed by atoms with E-state index in [1.807, 2.05) is 11.0 Å². The van der Waals surface area contributed by atoms with Gasteiger partial charge in [-0.3, -0.25) is 4.79 Å². The number of phenols is 1. The second-order valence-electron chi connectivity index (χ2n) is 4.82. The van der Waals surface area contributed by atoms with Gasteiger partial charge in [-0.1, -0.05) is 6.07 Å². The number of phenolic OH excluding ortho intramolecular Hbond substituents is 1. The summed E-state index contributed by atoms with van der Waals surface area (Å²) >= 11 is 0. The van der Waals surface area contributed by atoms with Crippen molar-refractivity contribution < 1.29 is 9.90 Å². The molecule has 0 bridgehead atoms. The van der Waals surface area contributed by atoms with E-state index in [0.717, 1.165) is 31.6 Å². The molecule has 1 saturated heterocycles. The van der Waals surface area contributed by atoms with Gasteiger partial charge in [-0.2, -0.15) is 0 Å². The zero-order valence-corrected chi connectivity index (χ0v) is 10.9. The molecule has 18 heavy (non-hydrogen) atoms. The summed E-state index contributed by atoms with van der Waals surface area (Å²) in [7, 11) is 0. The number of halogens is 1. The Bertz CT molecular complexity index is 460. The summed E-state index contributed by atoms with van der Waals surface area (Å²) in [6.45, 7) is 3.05. The van der Waals surface area contributed by atoms with Crippen LogP contribution in [0.4, 0.5) is 0 Å². The predicted octanol–water partition coefficient (Wildman–Crippen LogP) is 0.918. The monoisotopic (exact) mass is 268 g/mol. The Balaban J connectivity index is 0.00000120. The highest BCUT2D eigenvalue weighted by Gasteiger charge is 2.30. The lowest BCUT2D eigenvalue weighted by atomic mass is 9.96. The van der Waals surface area contributed by atoms with Crippen LogP contribution in [0.15, 0.2) is 18.2 Å². The molecule has 0 saturated carbocycles. The molecule has 0 atom stereocenters. The molecular formula is C13H17ClN2O2. The fourth-order valence-corrected chi connectivity index (χ4v) is 2.45. The summed E-state index contributed by atoms with van der Waals surface area (Å²) in [6.07, 6.45) is 0.890. The van der Waals surface area contributed by atoms with Gasteiger partial charge in [0.25, 0.3) is 0 Å². The van der Waals surface area contributed by atoms with Gasteiger partial charge in [0.05, 0.1) is 5.92 Å². The number of aromatic hydroxyl groups is 1. The lowest BCUT2D eigenvalue weighted by molar-refractivity contribution is -0.138. The van der Waals surface area contributed by atoms with Gasteiger partial charge in [-0.25, -0.2) is 0 Å². The number of hydrogen-bond acceptors (Lipinski definition) is 3. The van der Waals surface area contributed by atoms with Crippen LogP contribution in [0.3, 0.4) is 0 Å². The van der Waals surface area contributed by atoms with Gasteiger partial charge in [0.2, 0.25) is 5.91 Å². The van der Waals surface area contributed by atoms with Gasteiger partial charge in [0.1, 0.15) is 5.75 Å². The van der Waals surface area contributed by atoms with Gasteiger partial charge in [-0.15, -0.1) is 12.4 Å². The summed E-state index contributed by atoms with van der Waals surface area (Å²) < 4.78 is 0. The van der Waals surface area contributed by atoms with Crippen LogP contribution in [0.2, 0.25) is 0 Å². The van der Waals surface area contributed by atoms with E-state index < -0.39 is 0 Å². The van der Waals surface area contributed by atoms with Crippen LogP contribution < -0.4 is 5.32 Å². The Morgan fingerprint density at radius 3 is 2.78 bits per heavy atom. The van der Waals surface area contributed by atoms with Crippen molar-refractivity contribution in [3.05, 3.63) is 29.3 Å². The second-order valence-corrected chi connectivity index (χ2v) is 4.82. The molecule has 2 aliphatic rings. The molecule has 1 amide bonds. The molecule has 0 aliphatic carbocycles. The zero-order valence-electron chi connectivity index (χ0n) is 10.1. The first-order chi connectivity index (χ1) is 8.24. The van der Waals surface area contributed by atoms with Crippen molar-refractivity contribution in [2.75, 3.05) is 19.6 Å². The van der Waals surface area contributed by atoms with E-state index in [4.69, 9.17) is 0 Å². The highest BCUT2D eigenvalue weighted by molar-refractivity contribution is 5.85. The molecule has 1 aromatic rings. The van der Waals surface area contributed by atoms with Crippen LogP contribution in [-0.2, 0) is 17.8 Å². The third-order valence-electron chi connectivity index (χ3n) is 3.64. The van der Waals surface area contributed by atoms with E-state index in [-0.39, 0.29) is 30.0 Å². The highest BCUT2D eigenvalue weighted by Crippen LogP contribution is 2.24. The quantitative estimate of drug-likeness (QED) is 0.796. The maximum Gasteiger partial charge on any atom is 0.228 e. The number of nitrogens with zero attached hydrogens (tertiary/aromatic N) is 1. The number of fused-ring (bicyclic) bond motifs is 1. The van der Waals surface area contributed by atoms with Gasteiger partial charge >= 0.3 is 0 Å². The first kappa shape index (κ1) is 13.2. The van der Waals surface area contributed by atoms with Crippen molar-refractivity contribution in [3.8, 4) is 5.75 Å². The van der Waals surface area contributed by atoms with Crippen LogP contribution in [0.5, 0.6) is 5.75 Å². The maximum absolute atomic E-state index is 12.1. The molecule has 0 spiro atoms. The van der Waals surface area contributed by atoms with Gasteiger partial charge < -0.3 is 15.3 Å². The molecule has 1 aromatic carbocycles. The number of hydrogen-bond donors (Lipinski definition) is 2. The van der Waals surface area contributed by atoms with Crippen LogP contribution in [0.1, 0.15) is 11.1 Å². The van der Waals surface area contributed by atoms with E-state index in [1.165, 1.54) is 5.56 Å². The average Bonchev–Trinajstić information content (AvgIpc) is 2.25. The van der Waals surface area contributed by atoms with E-state index >= 15 is 0 Å². The summed E-state index contributed by atoms with van der Waals surface area (Å²) in [6, 6.07) is 5.44. The zero-order chi connectivity index (χ0) is 11.8. The number of amides is 1. The smallest absolute Gasteiger partial charge is 0.228 e. The summed E-state index contributed by atoms with van der Waals surface area (Å²) in [5, 5.41) is 12.6. The molecular weight excluding hydrogens is 252 g/mol. The molecule has 1 fully saturated rings. The Morgan fingerprint density at radius 1 is 1.33 bits per heavy atom. The SMILES string of the molecule is Cl.O=C(C1CNC1)N1CCc2ccc(O)cc2C1. The van der Waals surface area contributed by atoms with E-state index in [1.54, 1.807) is 12.1 Å². The normalized spacial score (nSPS) is 18.6. The molecule has 5 heteroatoms. The number of carbonyl (C=O) groups is 1. The fraction of sp³-hybridized carbons (Fsp3) is 0.462. The van der Waals surface area contributed by atoms with E-state index in [9.17, 15) is 9.90 Å². The minimum atomic E-state index is 0. The van der Waals surface area contributed by atoms with E-state index in [2.05, 4.69) is 5.32 Å². The summed E-state index contributed by atoms with van der Waals surface area (Å²) in [4.78, 5) is 14.0. The van der Waals surface area contributed by atoms with Crippen molar-refractivity contribution >= 4 is 18.3 Å². The second kappa shape index (κ2) is 5.16. The summed E-state index contributed by atoms with van der Waals surface area (Å²) in [5.74, 6) is 0.690. The molecule has 3 rings (SSSR count). The number of rotatable bonds is 1. The van der Waals surface area contributed by atoms with Gasteiger partial charge in [-0.05, 0) is 29.7 Å². The first-order valence-electron chi connectivity index (χ1n) is 6.04. The minimum Gasteiger partial charge on any atom is -0.508 e. The van der Waals surface area contributed by atoms with Crippen LogP contribution in [0.25, 0.3) is 0 Å². The van der Waals surface area contributed by atoms with Crippen molar-refractivity contribution in [2.24, 2.45) is 5.92 Å². The van der Waals surface area contributed by atoms with Crippen LogP contribution in [0, 0.1) is 5.92 Å². The minimum absolute atomic E-state index is 0. The third kappa shape index (κ3) is 2.31. The van der Waals surface area contributed by atoms with Gasteiger partial charge in [0.15, 0.2) is 0 Å². The number of benzene rings is 1. The number of nitrogens with one attached hydrogen (secondary N) is 1. The summed E-state index contributed by atoms with van der Waals surface area (Å²) in [5.41, 5.74) is 2.33. The van der Waals surface area contributed by atoms with Crippen molar-refractivity contribution in [3.63, 3.8) is 0 Å². The van der Waals surface area contributed by atoms with Crippen LogP contribution in [-0.4, -0.2) is 35.5 Å². The van der Waals surface area contributed by atoms with Gasteiger partial charge in [0, 0.05) is 26.2 Å². The Hall–Kier alpha value is -1.26. The standard InChI is InChI=1S/C13H16N2O2.ClH/c16-12-2-1-9-3-4-15(8-10(9)5-12)13(17)11-6-14-7-11;/h1-2,5,11,14,16H,3-4,6-8H2;1H. The molecule has 2 aliphatic heterocycles. The molecule has 0 unspecified atom stereocenters. The molecule has 2 heterocycles. The van der Waals surface area contributed by atoms with Crippen molar-refractivity contribution in [1.29, 1.82) is 0 Å². The average molecular weight is 269 g/mol. The molecule has 4 nitrogen and oxygen atoms in total. The predicted molar refractivity (Wildman–Crippen MR) is 70.8 cm³/mol. The Kier molecular flexibility index (Phi) is 3.78. The Labute approximate surface area is 112 Å². The first-order valence-corrected chi connectivity index (χ1v) is 6.04. The Morgan fingerprint density at radius 2 is 2.11 bits per heavy atom. The maximum atomic E-state index is 12.1. The van der Waals surface area contributed by atoms with Crippen molar-refractivity contribution in [1.82, 2.24) is 10.2 Å². The lowest BCUT2D eigenvalue weighted by Crippen LogP contribution is -2.52. The third-order valence-corrected chi connectivity index (χ3v) is 3.64. The fourth-order valence-electron chi connectivity index (χ4n) is 2.45. The highest BCUT2D eigenvalue weighted by atomic mass is 35.5. The lowest BCUT2D eigenvalue weighted by Gasteiger charge is -2.35. The molecule has 2 N–H and O–H groups in total. The molecule has 98 valence electrons. The van der Waals surface area contributed by atoms with Crippen LogP contribution >= 0.6 is 12.4 Å². The molecule has 0 radical (unpaired) electrons. The van der Waals surface area contributed by atoms with E-state index in [0.29, 0.717) is 6.54 Å².